The molecule has 1 unspecified atom stereocenters. The van der Waals surface area contributed by atoms with Crippen molar-refractivity contribution in [2.24, 2.45) is 0 Å². The lowest BCUT2D eigenvalue weighted by Gasteiger charge is -2.06. The predicted octanol–water partition coefficient (Wildman–Crippen LogP) is 4.70. The van der Waals surface area contributed by atoms with Gasteiger partial charge in [-0.05, 0) is 13.3 Å². The van der Waals surface area contributed by atoms with Gasteiger partial charge in [-0.1, -0.05) is 77.6 Å². The van der Waals surface area contributed by atoms with Crippen molar-refractivity contribution in [3.63, 3.8) is 0 Å². The Labute approximate surface area is 147 Å². The molecule has 144 valence electrons. The SMILES string of the molecule is CC(=O)O.CCCCCCCCCCCCCCOC(=O)C(C)O. The summed E-state index contributed by atoms with van der Waals surface area (Å²) in [6.45, 7) is 5.22. The van der Waals surface area contributed by atoms with Crippen LogP contribution in [0.15, 0.2) is 0 Å². The van der Waals surface area contributed by atoms with Gasteiger partial charge in [-0.3, -0.25) is 4.79 Å². The minimum absolute atomic E-state index is 0.446. The van der Waals surface area contributed by atoms with Gasteiger partial charge in [-0.2, -0.15) is 0 Å². The van der Waals surface area contributed by atoms with Crippen molar-refractivity contribution in [2.75, 3.05) is 6.61 Å². The standard InChI is InChI=1S/C17H34O3.C2H4O2/c1-3-4-5-6-7-8-9-10-11-12-13-14-15-20-17(19)16(2)18;1-2(3)4/h16,18H,3-15H2,1-2H3;1H3,(H,3,4). The van der Waals surface area contributed by atoms with E-state index in [-0.39, 0.29) is 0 Å². The van der Waals surface area contributed by atoms with Crippen LogP contribution in [-0.4, -0.2) is 34.9 Å². The second kappa shape index (κ2) is 19.9. The van der Waals surface area contributed by atoms with Crippen LogP contribution in [0.1, 0.15) is 97.8 Å². The van der Waals surface area contributed by atoms with Gasteiger partial charge in [0.2, 0.25) is 0 Å². The third-order valence-corrected chi connectivity index (χ3v) is 3.58. The second-order valence-electron chi connectivity index (χ2n) is 6.25. The molecule has 1 atom stereocenters. The van der Waals surface area contributed by atoms with E-state index in [2.05, 4.69) is 6.92 Å². The molecule has 0 radical (unpaired) electrons. The molecule has 5 heteroatoms. The van der Waals surface area contributed by atoms with Crippen molar-refractivity contribution in [3.05, 3.63) is 0 Å². The molecule has 0 aromatic heterocycles. The van der Waals surface area contributed by atoms with Crippen LogP contribution in [0.3, 0.4) is 0 Å². The van der Waals surface area contributed by atoms with Crippen molar-refractivity contribution in [1.82, 2.24) is 0 Å². The van der Waals surface area contributed by atoms with Crippen LogP contribution in [0.2, 0.25) is 0 Å². The fourth-order valence-corrected chi connectivity index (χ4v) is 2.24. The lowest BCUT2D eigenvalue weighted by Crippen LogP contribution is -2.19. The molecule has 5 nitrogen and oxygen atoms in total. The number of hydrogen-bond donors (Lipinski definition) is 2. The van der Waals surface area contributed by atoms with E-state index in [9.17, 15) is 4.79 Å². The smallest absolute Gasteiger partial charge is 0.334 e. The van der Waals surface area contributed by atoms with Crippen LogP contribution in [0, 0.1) is 0 Å². The summed E-state index contributed by atoms with van der Waals surface area (Å²) in [5.41, 5.74) is 0. The number of carbonyl (C=O) groups is 2. The molecule has 0 bridgehead atoms. The molecule has 0 heterocycles. The molecule has 0 amide bonds. The van der Waals surface area contributed by atoms with E-state index < -0.39 is 18.0 Å². The van der Waals surface area contributed by atoms with E-state index >= 15 is 0 Å². The van der Waals surface area contributed by atoms with Gasteiger partial charge < -0.3 is 14.9 Å². The van der Waals surface area contributed by atoms with Crippen LogP contribution in [-0.2, 0) is 14.3 Å². The number of hydrogen-bond acceptors (Lipinski definition) is 4. The first-order valence-electron chi connectivity index (χ1n) is 9.46. The van der Waals surface area contributed by atoms with E-state index in [0.717, 1.165) is 19.8 Å². The third kappa shape index (κ3) is 25.8. The highest BCUT2D eigenvalue weighted by molar-refractivity contribution is 5.73. The number of aliphatic carboxylic acids is 1. The number of carboxylic acid groups (broad SMARTS) is 1. The van der Waals surface area contributed by atoms with Gasteiger partial charge in [0.1, 0.15) is 6.10 Å². The molecule has 0 aromatic rings. The van der Waals surface area contributed by atoms with Crippen LogP contribution < -0.4 is 0 Å². The molecule has 0 aromatic carbocycles. The Bertz CT molecular complexity index is 285. The Morgan fingerprint density at radius 3 is 1.50 bits per heavy atom. The van der Waals surface area contributed by atoms with E-state index in [1.807, 2.05) is 0 Å². The number of unbranched alkanes of at least 4 members (excludes halogenated alkanes) is 11. The van der Waals surface area contributed by atoms with Crippen molar-refractivity contribution in [3.8, 4) is 0 Å². The third-order valence-electron chi connectivity index (χ3n) is 3.58. The molecule has 0 aliphatic heterocycles. The van der Waals surface area contributed by atoms with E-state index in [1.54, 1.807) is 0 Å². The molecule has 0 spiro atoms. The largest absolute Gasteiger partial charge is 0.481 e. The first-order valence-corrected chi connectivity index (χ1v) is 9.46. The normalized spacial score (nSPS) is 11.3. The number of aliphatic hydroxyl groups excluding tert-OH is 1. The summed E-state index contributed by atoms with van der Waals surface area (Å²) in [6.07, 6.45) is 14.6. The predicted molar refractivity (Wildman–Crippen MR) is 97.0 cm³/mol. The molecule has 0 aliphatic rings. The molecular weight excluding hydrogens is 308 g/mol. The lowest BCUT2D eigenvalue weighted by molar-refractivity contribution is -0.152. The average Bonchev–Trinajstić information content (AvgIpc) is 2.51. The molecule has 0 saturated heterocycles. The second-order valence-corrected chi connectivity index (χ2v) is 6.25. The number of rotatable bonds is 14. The van der Waals surface area contributed by atoms with Gasteiger partial charge in [-0.25, -0.2) is 4.79 Å². The minimum atomic E-state index is -0.993. The highest BCUT2D eigenvalue weighted by Crippen LogP contribution is 2.11. The highest BCUT2D eigenvalue weighted by Gasteiger charge is 2.08. The van der Waals surface area contributed by atoms with E-state index in [1.165, 1.54) is 71.1 Å². The summed E-state index contributed by atoms with van der Waals surface area (Å²) in [4.78, 5) is 20.0. The van der Waals surface area contributed by atoms with Gasteiger partial charge in [0, 0.05) is 6.92 Å². The summed E-state index contributed by atoms with van der Waals surface area (Å²) in [5.74, 6) is -1.34. The van der Waals surface area contributed by atoms with E-state index in [4.69, 9.17) is 19.7 Å². The highest BCUT2D eigenvalue weighted by atomic mass is 16.5. The summed E-state index contributed by atoms with van der Waals surface area (Å²) in [5, 5.41) is 16.4. The van der Waals surface area contributed by atoms with Crippen molar-refractivity contribution >= 4 is 11.9 Å². The zero-order valence-electron chi connectivity index (χ0n) is 15.9. The monoisotopic (exact) mass is 346 g/mol. The van der Waals surface area contributed by atoms with Gasteiger partial charge in [0.05, 0.1) is 6.61 Å². The fourth-order valence-electron chi connectivity index (χ4n) is 2.24. The molecule has 2 N–H and O–H groups in total. The molecule has 0 rings (SSSR count). The molecule has 0 aliphatic carbocycles. The molecular formula is C19H38O5. The zero-order valence-corrected chi connectivity index (χ0v) is 15.9. The number of aliphatic hydroxyl groups is 1. The first-order chi connectivity index (χ1) is 11.4. The molecule has 0 fully saturated rings. The number of ether oxygens (including phenoxy) is 1. The molecule has 0 saturated carbocycles. The Hall–Kier alpha value is -1.10. The summed E-state index contributed by atoms with van der Waals surface area (Å²) >= 11 is 0. The van der Waals surface area contributed by atoms with Gasteiger partial charge in [0.15, 0.2) is 0 Å². The van der Waals surface area contributed by atoms with Crippen LogP contribution in [0.5, 0.6) is 0 Å². The van der Waals surface area contributed by atoms with Crippen LogP contribution in [0.4, 0.5) is 0 Å². The number of carboxylic acids is 1. The maximum Gasteiger partial charge on any atom is 0.334 e. The fraction of sp³-hybridized carbons (Fsp3) is 0.895. The van der Waals surface area contributed by atoms with Gasteiger partial charge >= 0.3 is 5.97 Å². The summed E-state index contributed by atoms with van der Waals surface area (Å²) in [6, 6.07) is 0. The van der Waals surface area contributed by atoms with Gasteiger partial charge in [-0.15, -0.1) is 0 Å². The Morgan fingerprint density at radius 2 is 1.17 bits per heavy atom. The average molecular weight is 347 g/mol. The zero-order chi connectivity index (χ0) is 18.6. The Kier molecular flexibility index (Phi) is 20.9. The summed E-state index contributed by atoms with van der Waals surface area (Å²) < 4.78 is 4.91. The minimum Gasteiger partial charge on any atom is -0.481 e. The molecule has 24 heavy (non-hydrogen) atoms. The van der Waals surface area contributed by atoms with Gasteiger partial charge in [0.25, 0.3) is 5.97 Å². The van der Waals surface area contributed by atoms with Crippen LogP contribution in [0.25, 0.3) is 0 Å². The maximum atomic E-state index is 11.0. The lowest BCUT2D eigenvalue weighted by atomic mass is 10.1. The number of carbonyl (C=O) groups excluding carboxylic acids is 1. The Balaban J connectivity index is 0. The van der Waals surface area contributed by atoms with Crippen molar-refractivity contribution in [1.29, 1.82) is 0 Å². The van der Waals surface area contributed by atoms with Crippen molar-refractivity contribution < 1.29 is 24.5 Å². The maximum absolute atomic E-state index is 11.0. The van der Waals surface area contributed by atoms with Crippen LogP contribution >= 0.6 is 0 Å². The van der Waals surface area contributed by atoms with E-state index in [0.29, 0.717) is 6.61 Å². The topological polar surface area (TPSA) is 83.8 Å². The summed E-state index contributed by atoms with van der Waals surface area (Å²) in [7, 11) is 0. The van der Waals surface area contributed by atoms with Crippen molar-refractivity contribution in [2.45, 2.75) is 104 Å². The first kappa shape index (κ1) is 25.1. The Morgan fingerprint density at radius 1 is 0.833 bits per heavy atom. The number of esters is 1. The quantitative estimate of drug-likeness (QED) is 0.352.